The van der Waals surface area contributed by atoms with Crippen molar-refractivity contribution in [2.75, 3.05) is 0 Å². The summed E-state index contributed by atoms with van der Waals surface area (Å²) in [5.74, 6) is 0.721. The van der Waals surface area contributed by atoms with Gasteiger partial charge in [0, 0.05) is 5.66 Å². The average molecular weight is 116 g/mol. The second kappa shape index (κ2) is 1.92. The topological polar surface area (TPSA) is 17.1 Å². The summed E-state index contributed by atoms with van der Waals surface area (Å²) in [7, 11) is 0.359. The van der Waals surface area contributed by atoms with Gasteiger partial charge in [-0.15, -0.1) is 0 Å². The quantitative estimate of drug-likeness (QED) is 0.479. The summed E-state index contributed by atoms with van der Waals surface area (Å²) in [4.78, 5) is 0. The standard InChI is InChI=1S/C5H9OP/c1-4-2-3-5(4)7-6/h4-5H,2-3H2,1H3. The van der Waals surface area contributed by atoms with Crippen LogP contribution in [-0.4, -0.2) is 5.66 Å². The summed E-state index contributed by atoms with van der Waals surface area (Å²) in [6, 6.07) is 0. The van der Waals surface area contributed by atoms with Crippen LogP contribution in [0.15, 0.2) is 0 Å². The Morgan fingerprint density at radius 3 is 2.29 bits per heavy atom. The molecule has 2 unspecified atom stereocenters. The molecule has 0 aromatic heterocycles. The molecule has 7 heavy (non-hydrogen) atoms. The van der Waals surface area contributed by atoms with E-state index in [0.29, 0.717) is 14.1 Å². The fourth-order valence-corrected chi connectivity index (χ4v) is 1.42. The zero-order valence-electron chi connectivity index (χ0n) is 4.42. The molecule has 0 bridgehead atoms. The van der Waals surface area contributed by atoms with Gasteiger partial charge in [-0.3, -0.25) is 4.57 Å². The third kappa shape index (κ3) is 0.832. The summed E-state index contributed by atoms with van der Waals surface area (Å²) >= 11 is 0. The van der Waals surface area contributed by atoms with Gasteiger partial charge in [0.15, 0.2) is 8.46 Å². The van der Waals surface area contributed by atoms with Crippen LogP contribution in [0.1, 0.15) is 19.8 Å². The fraction of sp³-hybridized carbons (Fsp3) is 1.00. The Morgan fingerprint density at radius 2 is 2.29 bits per heavy atom. The molecule has 1 nitrogen and oxygen atoms in total. The Morgan fingerprint density at radius 1 is 1.57 bits per heavy atom. The van der Waals surface area contributed by atoms with Crippen molar-refractivity contribution in [1.29, 1.82) is 0 Å². The van der Waals surface area contributed by atoms with E-state index in [0.717, 1.165) is 5.92 Å². The molecule has 1 aliphatic rings. The number of hydrogen-bond acceptors (Lipinski definition) is 1. The minimum Gasteiger partial charge on any atom is -0.275 e. The van der Waals surface area contributed by atoms with E-state index in [1.54, 1.807) is 0 Å². The SMILES string of the molecule is CC1CCC1P=O. The van der Waals surface area contributed by atoms with E-state index < -0.39 is 0 Å². The van der Waals surface area contributed by atoms with Gasteiger partial charge in [0.2, 0.25) is 0 Å². The fourth-order valence-electron chi connectivity index (χ4n) is 0.806. The van der Waals surface area contributed by atoms with Crippen molar-refractivity contribution < 1.29 is 4.57 Å². The predicted octanol–water partition coefficient (Wildman–Crippen LogP) is 2.08. The number of rotatable bonds is 1. The summed E-state index contributed by atoms with van der Waals surface area (Å²) < 4.78 is 10.1. The van der Waals surface area contributed by atoms with Crippen LogP contribution in [0.25, 0.3) is 0 Å². The van der Waals surface area contributed by atoms with Crippen molar-refractivity contribution in [1.82, 2.24) is 0 Å². The lowest BCUT2D eigenvalue weighted by Crippen LogP contribution is -2.22. The molecule has 0 aliphatic heterocycles. The van der Waals surface area contributed by atoms with E-state index in [1.807, 2.05) is 0 Å². The maximum atomic E-state index is 10.1. The third-order valence-corrected chi connectivity index (χ3v) is 2.75. The highest BCUT2D eigenvalue weighted by Crippen LogP contribution is 2.35. The monoisotopic (exact) mass is 116 g/mol. The first-order chi connectivity index (χ1) is 3.34. The molecule has 2 heteroatoms. The Labute approximate surface area is 45.3 Å². The van der Waals surface area contributed by atoms with E-state index in [1.165, 1.54) is 12.8 Å². The molecule has 40 valence electrons. The van der Waals surface area contributed by atoms with Crippen molar-refractivity contribution in [2.45, 2.75) is 25.4 Å². The molecule has 0 spiro atoms. The molecule has 1 saturated carbocycles. The third-order valence-electron chi connectivity index (χ3n) is 1.71. The van der Waals surface area contributed by atoms with Gasteiger partial charge in [0.25, 0.3) is 0 Å². The summed E-state index contributed by atoms with van der Waals surface area (Å²) in [6.07, 6.45) is 2.45. The largest absolute Gasteiger partial charge is 0.275 e. The zero-order valence-corrected chi connectivity index (χ0v) is 5.32. The lowest BCUT2D eigenvalue weighted by atomic mass is 9.87. The van der Waals surface area contributed by atoms with Crippen LogP contribution in [0.2, 0.25) is 0 Å². The lowest BCUT2D eigenvalue weighted by Gasteiger charge is -2.27. The molecule has 0 amide bonds. The van der Waals surface area contributed by atoms with Crippen LogP contribution in [0, 0.1) is 5.92 Å². The highest BCUT2D eigenvalue weighted by Gasteiger charge is 2.26. The van der Waals surface area contributed by atoms with Gasteiger partial charge < -0.3 is 0 Å². The molecule has 1 aliphatic carbocycles. The van der Waals surface area contributed by atoms with E-state index in [4.69, 9.17) is 0 Å². The minimum atomic E-state index is 0.359. The molecule has 0 heterocycles. The molecule has 0 aromatic rings. The summed E-state index contributed by atoms with van der Waals surface area (Å²) in [5, 5.41) is 0. The molecule has 0 aromatic carbocycles. The Bertz CT molecular complexity index is 82.1. The van der Waals surface area contributed by atoms with Gasteiger partial charge in [-0.1, -0.05) is 6.92 Å². The summed E-state index contributed by atoms with van der Waals surface area (Å²) in [6.45, 7) is 2.15. The molecule has 0 radical (unpaired) electrons. The molecule has 0 saturated heterocycles. The lowest BCUT2D eigenvalue weighted by molar-refractivity contribution is 0.353. The maximum absolute atomic E-state index is 10.1. The van der Waals surface area contributed by atoms with Crippen LogP contribution in [-0.2, 0) is 4.57 Å². The normalized spacial score (nSPS) is 40.7. The highest BCUT2D eigenvalue weighted by molar-refractivity contribution is 7.24. The van der Waals surface area contributed by atoms with Gasteiger partial charge in [-0.2, -0.15) is 0 Å². The Hall–Kier alpha value is 0.100. The number of hydrogen-bond donors (Lipinski definition) is 0. The van der Waals surface area contributed by atoms with Gasteiger partial charge in [-0.05, 0) is 18.8 Å². The summed E-state index contributed by atoms with van der Waals surface area (Å²) in [5.41, 5.74) is 0.500. The Balaban J connectivity index is 2.28. The van der Waals surface area contributed by atoms with Crippen molar-refractivity contribution in [2.24, 2.45) is 5.92 Å². The van der Waals surface area contributed by atoms with Crippen LogP contribution < -0.4 is 0 Å². The van der Waals surface area contributed by atoms with Crippen molar-refractivity contribution in [3.63, 3.8) is 0 Å². The van der Waals surface area contributed by atoms with E-state index in [2.05, 4.69) is 6.92 Å². The minimum absolute atomic E-state index is 0.359. The zero-order chi connectivity index (χ0) is 5.28. The molecular formula is C5H9OP. The smallest absolute Gasteiger partial charge is 0.158 e. The first-order valence-electron chi connectivity index (χ1n) is 2.67. The molecule has 2 atom stereocenters. The molecular weight excluding hydrogens is 107 g/mol. The molecule has 1 rings (SSSR count). The van der Waals surface area contributed by atoms with Crippen molar-refractivity contribution in [3.8, 4) is 0 Å². The maximum Gasteiger partial charge on any atom is 0.158 e. The van der Waals surface area contributed by atoms with Crippen molar-refractivity contribution >= 4 is 8.46 Å². The highest BCUT2D eigenvalue weighted by atomic mass is 31.1. The van der Waals surface area contributed by atoms with Gasteiger partial charge in [0.05, 0.1) is 0 Å². The van der Waals surface area contributed by atoms with Gasteiger partial charge in [0.1, 0.15) is 0 Å². The van der Waals surface area contributed by atoms with Crippen LogP contribution in [0.4, 0.5) is 0 Å². The van der Waals surface area contributed by atoms with Crippen molar-refractivity contribution in [3.05, 3.63) is 0 Å². The first-order valence-corrected chi connectivity index (χ1v) is 3.55. The van der Waals surface area contributed by atoms with Crippen LogP contribution in [0.3, 0.4) is 0 Å². The van der Waals surface area contributed by atoms with E-state index >= 15 is 0 Å². The van der Waals surface area contributed by atoms with Gasteiger partial charge >= 0.3 is 0 Å². The van der Waals surface area contributed by atoms with E-state index in [-0.39, 0.29) is 0 Å². The van der Waals surface area contributed by atoms with Gasteiger partial charge in [-0.25, -0.2) is 0 Å². The first kappa shape index (κ1) is 5.24. The molecule has 1 fully saturated rings. The Kier molecular flexibility index (Phi) is 1.43. The second-order valence-corrected chi connectivity index (χ2v) is 3.10. The predicted molar refractivity (Wildman–Crippen MR) is 29.8 cm³/mol. The second-order valence-electron chi connectivity index (χ2n) is 2.23. The van der Waals surface area contributed by atoms with Crippen LogP contribution >= 0.6 is 8.46 Å². The molecule has 0 N–H and O–H groups in total. The average Bonchev–Trinajstić information content (AvgIpc) is 1.65. The van der Waals surface area contributed by atoms with Crippen LogP contribution in [0.5, 0.6) is 0 Å². The van der Waals surface area contributed by atoms with E-state index in [9.17, 15) is 4.57 Å².